The van der Waals surface area contributed by atoms with Gasteiger partial charge >= 0.3 is 5.97 Å². The number of carbonyl (C=O) groups is 1. The summed E-state index contributed by atoms with van der Waals surface area (Å²) in [6, 6.07) is 14.2. The van der Waals surface area contributed by atoms with Crippen molar-refractivity contribution in [2.45, 2.75) is 6.61 Å². The maximum Gasteiger partial charge on any atom is 0.337 e. The highest BCUT2D eigenvalue weighted by Gasteiger charge is 2.09. The highest BCUT2D eigenvalue weighted by molar-refractivity contribution is 6.33. The number of para-hydroxylation sites is 1. The van der Waals surface area contributed by atoms with Crippen molar-refractivity contribution in [1.82, 2.24) is 0 Å². The molecule has 0 aliphatic rings. The van der Waals surface area contributed by atoms with Gasteiger partial charge in [0.05, 0.1) is 10.6 Å². The van der Waals surface area contributed by atoms with Gasteiger partial charge in [-0.15, -0.1) is 0 Å². The molecule has 0 saturated heterocycles. The average molecular weight is 263 g/mol. The van der Waals surface area contributed by atoms with Crippen LogP contribution in [0.2, 0.25) is 5.02 Å². The summed E-state index contributed by atoms with van der Waals surface area (Å²) in [6.07, 6.45) is 0. The quantitative estimate of drug-likeness (QED) is 0.915. The number of hydrogen-bond donors (Lipinski definition) is 1. The molecule has 0 spiro atoms. The maximum atomic E-state index is 10.9. The van der Waals surface area contributed by atoms with E-state index < -0.39 is 5.97 Å². The van der Waals surface area contributed by atoms with E-state index in [1.807, 2.05) is 30.3 Å². The Balaban J connectivity index is 2.11. The fourth-order valence-electron chi connectivity index (χ4n) is 1.51. The lowest BCUT2D eigenvalue weighted by atomic mass is 10.1. The van der Waals surface area contributed by atoms with Gasteiger partial charge in [-0.25, -0.2) is 4.79 Å². The van der Waals surface area contributed by atoms with Gasteiger partial charge in [0, 0.05) is 0 Å². The number of carboxylic acids is 1. The van der Waals surface area contributed by atoms with Gasteiger partial charge in [-0.05, 0) is 29.8 Å². The summed E-state index contributed by atoms with van der Waals surface area (Å²) in [7, 11) is 0. The molecular formula is C14H11ClO3. The second kappa shape index (κ2) is 5.56. The molecule has 0 atom stereocenters. The molecule has 0 bridgehead atoms. The van der Waals surface area contributed by atoms with E-state index in [0.717, 1.165) is 11.3 Å². The van der Waals surface area contributed by atoms with Crippen LogP contribution in [0.15, 0.2) is 48.5 Å². The molecule has 0 aliphatic heterocycles. The molecule has 2 rings (SSSR count). The van der Waals surface area contributed by atoms with Crippen LogP contribution in [0.3, 0.4) is 0 Å². The molecule has 0 aromatic heterocycles. The van der Waals surface area contributed by atoms with Crippen LogP contribution in [0.5, 0.6) is 5.75 Å². The SMILES string of the molecule is O=C(O)c1cc(COc2ccccc2)ccc1Cl. The summed E-state index contributed by atoms with van der Waals surface area (Å²) in [5.74, 6) is -0.300. The van der Waals surface area contributed by atoms with E-state index in [4.69, 9.17) is 21.4 Å². The third kappa shape index (κ3) is 3.02. The predicted octanol–water partition coefficient (Wildman–Crippen LogP) is 3.62. The molecule has 0 radical (unpaired) electrons. The van der Waals surface area contributed by atoms with Crippen molar-refractivity contribution in [3.8, 4) is 5.75 Å². The Bertz CT molecular complexity index is 552. The van der Waals surface area contributed by atoms with Crippen LogP contribution in [-0.4, -0.2) is 11.1 Å². The minimum absolute atomic E-state index is 0.0887. The Morgan fingerprint density at radius 3 is 2.56 bits per heavy atom. The molecule has 0 amide bonds. The van der Waals surface area contributed by atoms with Crippen molar-refractivity contribution in [3.63, 3.8) is 0 Å². The van der Waals surface area contributed by atoms with Crippen LogP contribution in [0.4, 0.5) is 0 Å². The lowest BCUT2D eigenvalue weighted by Crippen LogP contribution is -2.01. The number of halogens is 1. The minimum Gasteiger partial charge on any atom is -0.489 e. The zero-order chi connectivity index (χ0) is 13.0. The Morgan fingerprint density at radius 2 is 1.89 bits per heavy atom. The van der Waals surface area contributed by atoms with E-state index in [1.54, 1.807) is 12.1 Å². The van der Waals surface area contributed by atoms with Crippen LogP contribution in [0.1, 0.15) is 15.9 Å². The molecule has 2 aromatic rings. The summed E-state index contributed by atoms with van der Waals surface area (Å²) >= 11 is 5.79. The summed E-state index contributed by atoms with van der Waals surface area (Å²) in [4.78, 5) is 10.9. The first-order valence-corrected chi connectivity index (χ1v) is 5.74. The molecular weight excluding hydrogens is 252 g/mol. The third-order valence-electron chi connectivity index (χ3n) is 2.41. The summed E-state index contributed by atoms with van der Waals surface area (Å²) in [5.41, 5.74) is 0.853. The van der Waals surface area contributed by atoms with Gasteiger partial charge in [0.15, 0.2) is 0 Å². The molecule has 0 fully saturated rings. The number of rotatable bonds is 4. The van der Waals surface area contributed by atoms with Gasteiger partial charge in [-0.2, -0.15) is 0 Å². The van der Waals surface area contributed by atoms with Gasteiger partial charge in [-0.1, -0.05) is 35.9 Å². The van der Waals surface area contributed by atoms with Crippen molar-refractivity contribution in [2.24, 2.45) is 0 Å². The summed E-state index contributed by atoms with van der Waals surface area (Å²) in [5, 5.41) is 9.18. The fraction of sp³-hybridized carbons (Fsp3) is 0.0714. The smallest absolute Gasteiger partial charge is 0.337 e. The Labute approximate surface area is 110 Å². The van der Waals surface area contributed by atoms with Gasteiger partial charge in [0.25, 0.3) is 0 Å². The zero-order valence-electron chi connectivity index (χ0n) is 9.47. The monoisotopic (exact) mass is 262 g/mol. The first-order chi connectivity index (χ1) is 8.66. The van der Waals surface area contributed by atoms with Crippen LogP contribution < -0.4 is 4.74 Å². The van der Waals surface area contributed by atoms with E-state index >= 15 is 0 Å². The Kier molecular flexibility index (Phi) is 3.85. The molecule has 4 heteroatoms. The molecule has 0 aliphatic carbocycles. The molecule has 0 unspecified atom stereocenters. The standard InChI is InChI=1S/C14H11ClO3/c15-13-7-6-10(8-12(13)14(16)17)9-18-11-4-2-1-3-5-11/h1-8H,9H2,(H,16,17). The molecule has 18 heavy (non-hydrogen) atoms. The van der Waals surface area contributed by atoms with Crippen LogP contribution in [0, 0.1) is 0 Å². The molecule has 3 nitrogen and oxygen atoms in total. The van der Waals surface area contributed by atoms with E-state index in [-0.39, 0.29) is 10.6 Å². The highest BCUT2D eigenvalue weighted by Crippen LogP contribution is 2.19. The molecule has 0 heterocycles. The summed E-state index contributed by atoms with van der Waals surface area (Å²) in [6.45, 7) is 0.307. The third-order valence-corrected chi connectivity index (χ3v) is 2.74. The number of hydrogen-bond acceptors (Lipinski definition) is 2. The van der Waals surface area contributed by atoms with Crippen LogP contribution in [0.25, 0.3) is 0 Å². The van der Waals surface area contributed by atoms with Gasteiger partial charge in [0.1, 0.15) is 12.4 Å². The average Bonchev–Trinajstić information content (AvgIpc) is 2.38. The van der Waals surface area contributed by atoms with Crippen LogP contribution in [-0.2, 0) is 6.61 Å². The minimum atomic E-state index is -1.04. The first kappa shape index (κ1) is 12.5. The second-order valence-electron chi connectivity index (χ2n) is 3.72. The number of benzene rings is 2. The summed E-state index contributed by atoms with van der Waals surface area (Å²) < 4.78 is 5.53. The van der Waals surface area contributed by atoms with Crippen molar-refractivity contribution >= 4 is 17.6 Å². The van der Waals surface area contributed by atoms with Crippen molar-refractivity contribution in [1.29, 1.82) is 0 Å². The molecule has 92 valence electrons. The normalized spacial score (nSPS) is 10.1. The van der Waals surface area contributed by atoms with E-state index in [1.165, 1.54) is 6.07 Å². The van der Waals surface area contributed by atoms with Gasteiger partial charge in [0.2, 0.25) is 0 Å². The number of aromatic carboxylic acids is 1. The second-order valence-corrected chi connectivity index (χ2v) is 4.13. The van der Waals surface area contributed by atoms with E-state index in [0.29, 0.717) is 6.61 Å². The molecule has 1 N–H and O–H groups in total. The van der Waals surface area contributed by atoms with Crippen molar-refractivity contribution in [2.75, 3.05) is 0 Å². The highest BCUT2D eigenvalue weighted by atomic mass is 35.5. The topological polar surface area (TPSA) is 46.5 Å². The molecule has 0 saturated carbocycles. The lowest BCUT2D eigenvalue weighted by Gasteiger charge is -2.07. The van der Waals surface area contributed by atoms with Crippen molar-refractivity contribution < 1.29 is 14.6 Å². The van der Waals surface area contributed by atoms with Crippen LogP contribution >= 0.6 is 11.6 Å². The Morgan fingerprint density at radius 1 is 1.17 bits per heavy atom. The Hall–Kier alpha value is -2.00. The maximum absolute atomic E-state index is 10.9. The molecule has 2 aromatic carbocycles. The van der Waals surface area contributed by atoms with Gasteiger partial charge in [-0.3, -0.25) is 0 Å². The number of ether oxygens (including phenoxy) is 1. The largest absolute Gasteiger partial charge is 0.489 e. The first-order valence-electron chi connectivity index (χ1n) is 5.36. The predicted molar refractivity (Wildman–Crippen MR) is 69.2 cm³/mol. The van der Waals surface area contributed by atoms with Crippen molar-refractivity contribution in [3.05, 3.63) is 64.7 Å². The van der Waals surface area contributed by atoms with Gasteiger partial charge < -0.3 is 9.84 Å². The van der Waals surface area contributed by atoms with E-state index in [9.17, 15) is 4.79 Å². The lowest BCUT2D eigenvalue weighted by molar-refractivity contribution is 0.0697. The fourth-order valence-corrected chi connectivity index (χ4v) is 1.71. The zero-order valence-corrected chi connectivity index (χ0v) is 10.2. The number of carboxylic acid groups (broad SMARTS) is 1. The van der Waals surface area contributed by atoms with E-state index in [2.05, 4.69) is 0 Å².